The summed E-state index contributed by atoms with van der Waals surface area (Å²) in [5.74, 6) is -1.02. The van der Waals surface area contributed by atoms with Gasteiger partial charge in [-0.1, -0.05) is 15.9 Å². The minimum Gasteiger partial charge on any atom is -0.481 e. The van der Waals surface area contributed by atoms with E-state index in [4.69, 9.17) is 5.11 Å². The number of carbonyl (C=O) groups excluding carboxylic acids is 1. The Morgan fingerprint density at radius 1 is 1.56 bits per heavy atom. The van der Waals surface area contributed by atoms with E-state index in [1.54, 1.807) is 13.0 Å². The molecule has 1 aromatic rings. The molecule has 0 radical (unpaired) electrons. The summed E-state index contributed by atoms with van der Waals surface area (Å²) in [7, 11) is 0. The van der Waals surface area contributed by atoms with Gasteiger partial charge in [0.2, 0.25) is 5.91 Å². The van der Waals surface area contributed by atoms with Crippen LogP contribution in [0.2, 0.25) is 0 Å². The van der Waals surface area contributed by atoms with Gasteiger partial charge in [0.25, 0.3) is 0 Å². The van der Waals surface area contributed by atoms with Crippen molar-refractivity contribution >= 4 is 39.2 Å². The summed E-state index contributed by atoms with van der Waals surface area (Å²) in [4.78, 5) is 24.2. The van der Waals surface area contributed by atoms with Crippen LogP contribution in [0.3, 0.4) is 0 Å². The van der Waals surface area contributed by atoms with Gasteiger partial charge in [-0.2, -0.15) is 0 Å². The SMILES string of the molecule is CC1Nc2cc(Br)ccc2N(CCC(=O)O)C1=O. The Balaban J connectivity index is 2.33. The number of carbonyl (C=O) groups is 2. The molecular formula is C12H13BrN2O3. The number of benzene rings is 1. The first kappa shape index (κ1) is 12.9. The molecule has 0 saturated carbocycles. The first-order chi connectivity index (χ1) is 8.49. The van der Waals surface area contributed by atoms with Gasteiger partial charge in [0, 0.05) is 11.0 Å². The fourth-order valence-corrected chi connectivity index (χ4v) is 2.31. The number of nitrogens with one attached hydrogen (secondary N) is 1. The largest absolute Gasteiger partial charge is 0.481 e. The summed E-state index contributed by atoms with van der Waals surface area (Å²) in [6, 6.07) is 5.17. The number of carboxylic acids is 1. The Hall–Kier alpha value is -1.56. The van der Waals surface area contributed by atoms with Gasteiger partial charge in [0.15, 0.2) is 0 Å². The molecule has 2 rings (SSSR count). The molecule has 96 valence electrons. The van der Waals surface area contributed by atoms with E-state index in [2.05, 4.69) is 21.2 Å². The average molecular weight is 313 g/mol. The third-order valence-electron chi connectivity index (χ3n) is 2.81. The third kappa shape index (κ3) is 2.48. The molecule has 0 spiro atoms. The van der Waals surface area contributed by atoms with Crippen molar-refractivity contribution in [3.8, 4) is 0 Å². The van der Waals surface area contributed by atoms with Crippen LogP contribution in [-0.4, -0.2) is 29.6 Å². The number of aliphatic carboxylic acids is 1. The second-order valence-corrected chi connectivity index (χ2v) is 5.08. The lowest BCUT2D eigenvalue weighted by atomic mass is 10.1. The molecule has 1 aliphatic heterocycles. The Labute approximate surface area is 113 Å². The number of anilines is 2. The van der Waals surface area contributed by atoms with Gasteiger partial charge in [-0.3, -0.25) is 9.59 Å². The van der Waals surface area contributed by atoms with E-state index in [0.29, 0.717) is 0 Å². The highest BCUT2D eigenvalue weighted by atomic mass is 79.9. The first-order valence-electron chi connectivity index (χ1n) is 5.58. The van der Waals surface area contributed by atoms with Crippen LogP contribution in [0.1, 0.15) is 13.3 Å². The number of carboxylic acid groups (broad SMARTS) is 1. The quantitative estimate of drug-likeness (QED) is 0.896. The Bertz CT molecular complexity index is 504. The maximum absolute atomic E-state index is 12.0. The van der Waals surface area contributed by atoms with Crippen molar-refractivity contribution in [1.82, 2.24) is 0 Å². The summed E-state index contributed by atoms with van der Waals surface area (Å²) in [6.07, 6.45) is -0.0615. The molecule has 5 nitrogen and oxygen atoms in total. The molecule has 18 heavy (non-hydrogen) atoms. The number of nitrogens with zero attached hydrogens (tertiary/aromatic N) is 1. The highest BCUT2D eigenvalue weighted by molar-refractivity contribution is 9.10. The normalized spacial score (nSPS) is 18.2. The third-order valence-corrected chi connectivity index (χ3v) is 3.30. The van der Waals surface area contributed by atoms with Crippen LogP contribution in [0.25, 0.3) is 0 Å². The van der Waals surface area contributed by atoms with Gasteiger partial charge >= 0.3 is 5.97 Å². The molecular weight excluding hydrogens is 300 g/mol. The van der Waals surface area contributed by atoms with E-state index in [1.807, 2.05) is 12.1 Å². The second kappa shape index (κ2) is 4.97. The molecule has 0 fully saturated rings. The van der Waals surface area contributed by atoms with Crippen LogP contribution in [0, 0.1) is 0 Å². The van der Waals surface area contributed by atoms with Gasteiger partial charge in [-0.05, 0) is 25.1 Å². The second-order valence-electron chi connectivity index (χ2n) is 4.16. The summed E-state index contributed by atoms with van der Waals surface area (Å²) in [5.41, 5.74) is 1.56. The smallest absolute Gasteiger partial charge is 0.305 e. The van der Waals surface area contributed by atoms with Crippen LogP contribution in [0.5, 0.6) is 0 Å². The van der Waals surface area contributed by atoms with Crippen molar-refractivity contribution in [3.63, 3.8) is 0 Å². The molecule has 1 aromatic carbocycles. The van der Waals surface area contributed by atoms with Gasteiger partial charge in [0.1, 0.15) is 6.04 Å². The Kier molecular flexibility index (Phi) is 3.56. The topological polar surface area (TPSA) is 69.6 Å². The number of hydrogen-bond donors (Lipinski definition) is 2. The Morgan fingerprint density at radius 2 is 2.28 bits per heavy atom. The summed E-state index contributed by atoms with van der Waals surface area (Å²) >= 11 is 3.37. The molecule has 1 aliphatic rings. The summed E-state index contributed by atoms with van der Waals surface area (Å²) < 4.78 is 0.911. The van der Waals surface area contributed by atoms with E-state index >= 15 is 0 Å². The van der Waals surface area contributed by atoms with Crippen molar-refractivity contribution in [2.45, 2.75) is 19.4 Å². The molecule has 2 N–H and O–H groups in total. The summed E-state index contributed by atoms with van der Waals surface area (Å²) in [6.45, 7) is 1.95. The number of hydrogen-bond acceptors (Lipinski definition) is 3. The fraction of sp³-hybridized carbons (Fsp3) is 0.333. The molecule has 1 heterocycles. The minimum atomic E-state index is -0.910. The van der Waals surface area contributed by atoms with Crippen molar-refractivity contribution in [3.05, 3.63) is 22.7 Å². The molecule has 0 aliphatic carbocycles. The molecule has 1 unspecified atom stereocenters. The highest BCUT2D eigenvalue weighted by Gasteiger charge is 2.29. The zero-order valence-corrected chi connectivity index (χ0v) is 11.4. The number of fused-ring (bicyclic) bond motifs is 1. The predicted molar refractivity (Wildman–Crippen MR) is 71.8 cm³/mol. The molecule has 1 amide bonds. The lowest BCUT2D eigenvalue weighted by Crippen LogP contribution is -2.46. The van der Waals surface area contributed by atoms with E-state index in [0.717, 1.165) is 15.8 Å². The van der Waals surface area contributed by atoms with Gasteiger partial charge < -0.3 is 15.3 Å². The highest BCUT2D eigenvalue weighted by Crippen LogP contribution is 2.33. The fourth-order valence-electron chi connectivity index (χ4n) is 1.94. The van der Waals surface area contributed by atoms with Crippen molar-refractivity contribution in [2.24, 2.45) is 0 Å². The van der Waals surface area contributed by atoms with Crippen LogP contribution in [0.4, 0.5) is 11.4 Å². The first-order valence-corrected chi connectivity index (χ1v) is 6.37. The van der Waals surface area contributed by atoms with Gasteiger partial charge in [-0.15, -0.1) is 0 Å². The van der Waals surface area contributed by atoms with Crippen molar-refractivity contribution < 1.29 is 14.7 Å². The van der Waals surface area contributed by atoms with E-state index in [9.17, 15) is 9.59 Å². The standard InChI is InChI=1S/C12H13BrN2O3/c1-7-12(18)15(5-4-11(16)17)10-3-2-8(13)6-9(10)14-7/h2-3,6-7,14H,4-5H2,1H3,(H,16,17). The monoisotopic (exact) mass is 312 g/mol. The lowest BCUT2D eigenvalue weighted by molar-refractivity contribution is -0.136. The molecule has 1 atom stereocenters. The molecule has 6 heteroatoms. The van der Waals surface area contributed by atoms with Crippen molar-refractivity contribution in [2.75, 3.05) is 16.8 Å². The number of amides is 1. The molecule has 0 bridgehead atoms. The Morgan fingerprint density at radius 3 is 2.94 bits per heavy atom. The number of rotatable bonds is 3. The van der Waals surface area contributed by atoms with Gasteiger partial charge in [-0.25, -0.2) is 0 Å². The van der Waals surface area contributed by atoms with E-state index in [-0.39, 0.29) is 24.9 Å². The zero-order valence-electron chi connectivity index (χ0n) is 9.81. The maximum Gasteiger partial charge on any atom is 0.305 e. The van der Waals surface area contributed by atoms with Gasteiger partial charge in [0.05, 0.1) is 17.8 Å². The van der Waals surface area contributed by atoms with Crippen LogP contribution in [0.15, 0.2) is 22.7 Å². The van der Waals surface area contributed by atoms with Crippen molar-refractivity contribution in [1.29, 1.82) is 0 Å². The average Bonchev–Trinajstić information content (AvgIpc) is 2.29. The van der Waals surface area contributed by atoms with E-state index < -0.39 is 5.97 Å². The molecule has 0 saturated heterocycles. The maximum atomic E-state index is 12.0. The van der Waals surface area contributed by atoms with Crippen LogP contribution in [-0.2, 0) is 9.59 Å². The lowest BCUT2D eigenvalue weighted by Gasteiger charge is -2.33. The zero-order chi connectivity index (χ0) is 13.3. The van der Waals surface area contributed by atoms with Crippen LogP contribution < -0.4 is 10.2 Å². The summed E-state index contributed by atoms with van der Waals surface area (Å²) in [5, 5.41) is 11.8. The number of halogens is 1. The minimum absolute atomic E-state index is 0.0615. The van der Waals surface area contributed by atoms with Crippen LogP contribution >= 0.6 is 15.9 Å². The van der Waals surface area contributed by atoms with E-state index in [1.165, 1.54) is 4.90 Å². The predicted octanol–water partition coefficient (Wildman–Crippen LogP) is 2.07. The molecule has 0 aromatic heterocycles.